The molecular weight excluding hydrogens is 112 g/mol. The lowest BCUT2D eigenvalue weighted by Gasteiger charge is -2.32. The third kappa shape index (κ3) is 1.66. The van der Waals surface area contributed by atoms with Gasteiger partial charge in [0.05, 0.1) is 0 Å². The molecule has 1 heterocycles. The minimum absolute atomic E-state index is 0.158. The maximum Gasteiger partial charge on any atom is 0.0175 e. The van der Waals surface area contributed by atoms with Crippen molar-refractivity contribution in [1.82, 2.24) is 5.32 Å². The minimum atomic E-state index is 0.158. The first kappa shape index (κ1) is 7.03. The molecule has 1 aliphatic rings. The third-order valence-corrected chi connectivity index (χ3v) is 2.30. The molecule has 0 spiro atoms. The highest BCUT2D eigenvalue weighted by atomic mass is 14.9. The van der Waals surface area contributed by atoms with Crippen molar-refractivity contribution in [3.8, 4) is 0 Å². The van der Waals surface area contributed by atoms with Crippen molar-refractivity contribution in [1.29, 1.82) is 0 Å². The van der Waals surface area contributed by atoms with Gasteiger partial charge in [0, 0.05) is 5.54 Å². The van der Waals surface area contributed by atoms with Crippen molar-refractivity contribution in [2.24, 2.45) is 5.73 Å². The van der Waals surface area contributed by atoms with E-state index in [1.54, 1.807) is 0 Å². The Morgan fingerprint density at radius 2 is 2.00 bits per heavy atom. The van der Waals surface area contributed by atoms with Gasteiger partial charge in [-0.1, -0.05) is 6.92 Å². The summed E-state index contributed by atoms with van der Waals surface area (Å²) in [5.74, 6) is 0. The molecule has 0 radical (unpaired) electrons. The Balaban J connectivity index is 2.37. The highest BCUT2D eigenvalue weighted by Crippen LogP contribution is 2.17. The largest absolute Gasteiger partial charge is 0.325 e. The first-order chi connectivity index (χ1) is 4.27. The predicted molar refractivity (Wildman–Crippen MR) is 39.3 cm³/mol. The van der Waals surface area contributed by atoms with E-state index in [0.29, 0.717) is 0 Å². The van der Waals surface area contributed by atoms with E-state index in [9.17, 15) is 0 Å². The van der Waals surface area contributed by atoms with E-state index in [0.717, 1.165) is 32.4 Å². The highest BCUT2D eigenvalue weighted by Gasteiger charge is 2.24. The zero-order valence-corrected chi connectivity index (χ0v) is 6.11. The molecule has 1 saturated heterocycles. The summed E-state index contributed by atoms with van der Waals surface area (Å²) < 4.78 is 0. The fraction of sp³-hybridized carbons (Fsp3) is 1.00. The Kier molecular flexibility index (Phi) is 2.09. The summed E-state index contributed by atoms with van der Waals surface area (Å²) in [6, 6.07) is 0. The number of piperidine rings is 1. The van der Waals surface area contributed by atoms with Crippen LogP contribution in [0.25, 0.3) is 0 Å². The second-order valence-electron chi connectivity index (χ2n) is 2.97. The smallest absolute Gasteiger partial charge is 0.0175 e. The van der Waals surface area contributed by atoms with Gasteiger partial charge in [0.15, 0.2) is 0 Å². The second-order valence-corrected chi connectivity index (χ2v) is 2.97. The SMILES string of the molecule is CCC1(N)CCNCC1. The van der Waals surface area contributed by atoms with Crippen molar-refractivity contribution >= 4 is 0 Å². The van der Waals surface area contributed by atoms with Crippen LogP contribution in [0.5, 0.6) is 0 Å². The number of hydrogen-bond donors (Lipinski definition) is 2. The van der Waals surface area contributed by atoms with E-state index < -0.39 is 0 Å². The van der Waals surface area contributed by atoms with Crippen molar-refractivity contribution in [3.63, 3.8) is 0 Å². The maximum atomic E-state index is 6.02. The van der Waals surface area contributed by atoms with E-state index in [1.165, 1.54) is 0 Å². The molecule has 1 aliphatic heterocycles. The molecule has 0 amide bonds. The molecule has 0 atom stereocenters. The van der Waals surface area contributed by atoms with Crippen LogP contribution < -0.4 is 11.1 Å². The van der Waals surface area contributed by atoms with Crippen LogP contribution in [0.2, 0.25) is 0 Å². The lowest BCUT2D eigenvalue weighted by molar-refractivity contribution is 0.301. The molecule has 0 aromatic carbocycles. The van der Waals surface area contributed by atoms with Crippen LogP contribution in [0.4, 0.5) is 0 Å². The Labute approximate surface area is 56.8 Å². The first-order valence-corrected chi connectivity index (χ1v) is 3.76. The van der Waals surface area contributed by atoms with Gasteiger partial charge < -0.3 is 11.1 Å². The average Bonchev–Trinajstić information content (AvgIpc) is 1.90. The van der Waals surface area contributed by atoms with Gasteiger partial charge in [0.2, 0.25) is 0 Å². The molecule has 0 aliphatic carbocycles. The summed E-state index contributed by atoms with van der Waals surface area (Å²) in [6.07, 6.45) is 3.40. The quantitative estimate of drug-likeness (QED) is 0.539. The maximum absolute atomic E-state index is 6.02. The van der Waals surface area contributed by atoms with Gasteiger partial charge in [-0.2, -0.15) is 0 Å². The zero-order chi connectivity index (χ0) is 6.74. The molecular formula is C7H16N2. The molecule has 0 bridgehead atoms. The van der Waals surface area contributed by atoms with Gasteiger partial charge in [-0.15, -0.1) is 0 Å². The predicted octanol–water partition coefficient (Wildman–Crippen LogP) is 0.477. The van der Waals surface area contributed by atoms with Crippen molar-refractivity contribution in [2.75, 3.05) is 13.1 Å². The first-order valence-electron chi connectivity index (χ1n) is 3.76. The van der Waals surface area contributed by atoms with Crippen LogP contribution in [-0.4, -0.2) is 18.6 Å². The van der Waals surface area contributed by atoms with Crippen LogP contribution in [0.15, 0.2) is 0 Å². The van der Waals surface area contributed by atoms with Crippen LogP contribution in [0.1, 0.15) is 26.2 Å². The van der Waals surface area contributed by atoms with Crippen molar-refractivity contribution in [2.45, 2.75) is 31.7 Å². The molecule has 54 valence electrons. The monoisotopic (exact) mass is 128 g/mol. The van der Waals surface area contributed by atoms with Gasteiger partial charge in [-0.25, -0.2) is 0 Å². The number of nitrogens with one attached hydrogen (secondary N) is 1. The summed E-state index contributed by atoms with van der Waals surface area (Å²) in [6.45, 7) is 4.38. The second kappa shape index (κ2) is 2.67. The molecule has 0 aromatic heterocycles. The van der Waals surface area contributed by atoms with Gasteiger partial charge in [-0.3, -0.25) is 0 Å². The summed E-state index contributed by atoms with van der Waals surface area (Å²) in [4.78, 5) is 0. The number of hydrogen-bond acceptors (Lipinski definition) is 2. The summed E-state index contributed by atoms with van der Waals surface area (Å²) in [7, 11) is 0. The minimum Gasteiger partial charge on any atom is -0.325 e. The molecule has 3 N–H and O–H groups in total. The van der Waals surface area contributed by atoms with Gasteiger partial charge in [-0.05, 0) is 32.4 Å². The Morgan fingerprint density at radius 1 is 1.44 bits per heavy atom. The molecule has 1 rings (SSSR count). The van der Waals surface area contributed by atoms with Crippen LogP contribution in [0, 0.1) is 0 Å². The van der Waals surface area contributed by atoms with Gasteiger partial charge >= 0.3 is 0 Å². The molecule has 9 heavy (non-hydrogen) atoms. The van der Waals surface area contributed by atoms with Crippen LogP contribution >= 0.6 is 0 Å². The Hall–Kier alpha value is -0.0800. The topological polar surface area (TPSA) is 38.0 Å². The molecule has 0 unspecified atom stereocenters. The normalized spacial score (nSPS) is 26.0. The fourth-order valence-corrected chi connectivity index (χ4v) is 1.28. The molecule has 2 heteroatoms. The Bertz CT molecular complexity index is 84.9. The zero-order valence-electron chi connectivity index (χ0n) is 6.11. The summed E-state index contributed by atoms with van der Waals surface area (Å²) in [5.41, 5.74) is 6.18. The highest BCUT2D eigenvalue weighted by molar-refractivity contribution is 4.87. The lowest BCUT2D eigenvalue weighted by atomic mass is 9.87. The van der Waals surface area contributed by atoms with Gasteiger partial charge in [0.25, 0.3) is 0 Å². The molecule has 0 saturated carbocycles. The summed E-state index contributed by atoms with van der Waals surface area (Å²) in [5, 5.41) is 3.29. The lowest BCUT2D eigenvalue weighted by Crippen LogP contribution is -2.48. The molecule has 1 fully saturated rings. The fourth-order valence-electron chi connectivity index (χ4n) is 1.28. The molecule has 2 nitrogen and oxygen atoms in total. The number of nitrogens with two attached hydrogens (primary N) is 1. The average molecular weight is 128 g/mol. The third-order valence-electron chi connectivity index (χ3n) is 2.30. The van der Waals surface area contributed by atoms with Gasteiger partial charge in [0.1, 0.15) is 0 Å². The van der Waals surface area contributed by atoms with E-state index in [-0.39, 0.29) is 5.54 Å². The van der Waals surface area contributed by atoms with E-state index in [1.807, 2.05) is 0 Å². The van der Waals surface area contributed by atoms with E-state index in [4.69, 9.17) is 5.73 Å². The van der Waals surface area contributed by atoms with Crippen molar-refractivity contribution in [3.05, 3.63) is 0 Å². The van der Waals surface area contributed by atoms with Crippen LogP contribution in [-0.2, 0) is 0 Å². The Morgan fingerprint density at radius 3 is 2.33 bits per heavy atom. The van der Waals surface area contributed by atoms with E-state index >= 15 is 0 Å². The standard InChI is InChI=1S/C7H16N2/c1-2-7(8)3-5-9-6-4-7/h9H,2-6,8H2,1H3. The summed E-state index contributed by atoms with van der Waals surface area (Å²) >= 11 is 0. The van der Waals surface area contributed by atoms with Crippen LogP contribution in [0.3, 0.4) is 0 Å². The number of rotatable bonds is 1. The van der Waals surface area contributed by atoms with E-state index in [2.05, 4.69) is 12.2 Å². The van der Waals surface area contributed by atoms with Crippen molar-refractivity contribution < 1.29 is 0 Å². The molecule has 0 aromatic rings.